The van der Waals surface area contributed by atoms with Crippen LogP contribution in [0.1, 0.15) is 69.9 Å². The monoisotopic (exact) mass is 344 g/mol. The van der Waals surface area contributed by atoms with Crippen LogP contribution in [0, 0.1) is 12.8 Å². The molecule has 3 atom stereocenters. The van der Waals surface area contributed by atoms with Gasteiger partial charge in [0, 0.05) is 11.6 Å². The van der Waals surface area contributed by atoms with Gasteiger partial charge in [-0.3, -0.25) is 0 Å². The molecule has 0 amide bonds. The zero-order valence-corrected chi connectivity index (χ0v) is 16.0. The average Bonchev–Trinajstić information content (AvgIpc) is 2.44. The molecule has 0 aliphatic heterocycles. The van der Waals surface area contributed by atoms with E-state index in [0.717, 1.165) is 36.8 Å². The van der Waals surface area contributed by atoms with Crippen LogP contribution in [-0.2, 0) is 0 Å². The second kappa shape index (κ2) is 7.65. The minimum absolute atomic E-state index is 0.0172. The molecule has 0 aromatic heterocycles. The second-order valence-electron chi connectivity index (χ2n) is 8.13. The molecule has 1 aliphatic carbocycles. The van der Waals surface area contributed by atoms with Gasteiger partial charge >= 0.3 is 0 Å². The molecule has 1 saturated carbocycles. The molecule has 1 fully saturated rings. The highest BCUT2D eigenvalue weighted by Crippen LogP contribution is 2.49. The third-order valence-corrected chi connectivity index (χ3v) is 5.40. The highest BCUT2D eigenvalue weighted by atomic mass is 16.3. The van der Waals surface area contributed by atoms with Crippen LogP contribution in [0.2, 0.25) is 0 Å². The van der Waals surface area contributed by atoms with Gasteiger partial charge in [-0.25, -0.2) is 0 Å². The van der Waals surface area contributed by atoms with Crippen LogP contribution in [0.25, 0.3) is 0 Å². The molecule has 0 unspecified atom stereocenters. The summed E-state index contributed by atoms with van der Waals surface area (Å²) in [6, 6.07) is 3.08. The van der Waals surface area contributed by atoms with Crippen LogP contribution in [0.4, 0.5) is 0 Å². The zero-order chi connectivity index (χ0) is 18.8. The maximum Gasteiger partial charge on any atom is 0.123 e. The molecule has 0 bridgehead atoms. The molecular weight excluding hydrogens is 312 g/mol. The Hall–Kier alpha value is -1.74. The van der Waals surface area contributed by atoms with E-state index in [0.29, 0.717) is 6.42 Å². The molecule has 1 aromatic carbocycles. The highest BCUT2D eigenvalue weighted by molar-refractivity contribution is 5.48. The van der Waals surface area contributed by atoms with E-state index < -0.39 is 5.60 Å². The third kappa shape index (κ3) is 4.88. The average molecular weight is 344 g/mol. The number of phenolic OH excluding ortho intramolecular Hbond substituents is 2. The van der Waals surface area contributed by atoms with Gasteiger partial charge in [0.1, 0.15) is 11.5 Å². The summed E-state index contributed by atoms with van der Waals surface area (Å²) in [6.45, 7) is 12.3. The predicted octanol–water partition coefficient (Wildman–Crippen LogP) is 5.34. The van der Waals surface area contributed by atoms with Gasteiger partial charge < -0.3 is 15.3 Å². The van der Waals surface area contributed by atoms with Crippen molar-refractivity contribution in [3.8, 4) is 11.5 Å². The van der Waals surface area contributed by atoms with Crippen molar-refractivity contribution in [1.82, 2.24) is 0 Å². The number of hydrogen-bond donors (Lipinski definition) is 3. The molecule has 3 nitrogen and oxygen atoms in total. The first kappa shape index (κ1) is 19.6. The summed E-state index contributed by atoms with van der Waals surface area (Å²) in [5.41, 5.74) is 3.46. The van der Waals surface area contributed by atoms with E-state index in [1.54, 1.807) is 6.07 Å². The van der Waals surface area contributed by atoms with Gasteiger partial charge in [-0.1, -0.05) is 23.8 Å². The van der Waals surface area contributed by atoms with Crippen molar-refractivity contribution >= 4 is 0 Å². The summed E-state index contributed by atoms with van der Waals surface area (Å²) in [5.74, 6) is 0.436. The second-order valence-corrected chi connectivity index (χ2v) is 8.13. The van der Waals surface area contributed by atoms with Gasteiger partial charge in [0.05, 0.1) is 5.60 Å². The Kier molecular flexibility index (Phi) is 5.99. The normalized spacial score (nSPS) is 26.3. The molecule has 0 heterocycles. The topological polar surface area (TPSA) is 60.7 Å². The maximum atomic E-state index is 10.6. The summed E-state index contributed by atoms with van der Waals surface area (Å²) in [5, 5.41) is 30.8. The lowest BCUT2D eigenvalue weighted by atomic mass is 9.66. The molecule has 1 aliphatic rings. The molecule has 0 radical (unpaired) electrons. The van der Waals surface area contributed by atoms with Gasteiger partial charge in [-0.05, 0) is 83.3 Å². The van der Waals surface area contributed by atoms with Gasteiger partial charge in [-0.15, -0.1) is 0 Å². The highest BCUT2D eigenvalue weighted by Gasteiger charge is 2.39. The lowest BCUT2D eigenvalue weighted by molar-refractivity contribution is 0.00205. The largest absolute Gasteiger partial charge is 0.508 e. The van der Waals surface area contributed by atoms with E-state index in [9.17, 15) is 15.3 Å². The number of allylic oxidation sites excluding steroid dienone is 3. The van der Waals surface area contributed by atoms with Crippen molar-refractivity contribution in [3.05, 3.63) is 47.1 Å². The van der Waals surface area contributed by atoms with Crippen molar-refractivity contribution in [2.45, 2.75) is 71.3 Å². The fourth-order valence-electron chi connectivity index (χ4n) is 4.15. The summed E-state index contributed by atoms with van der Waals surface area (Å²) in [4.78, 5) is 0. The van der Waals surface area contributed by atoms with Crippen LogP contribution in [0.3, 0.4) is 0 Å². The Balaban J connectivity index is 2.32. The SMILES string of the molecule is C=C(CCC=C(C)C)[C@H]1CC[C@@](C)(O)C[C@H]1c1c(C)cc(O)cc1O. The van der Waals surface area contributed by atoms with Crippen LogP contribution in [0.15, 0.2) is 35.9 Å². The Morgan fingerprint density at radius 2 is 2.00 bits per heavy atom. The van der Waals surface area contributed by atoms with E-state index in [-0.39, 0.29) is 23.3 Å². The van der Waals surface area contributed by atoms with Crippen molar-refractivity contribution < 1.29 is 15.3 Å². The first-order valence-corrected chi connectivity index (χ1v) is 9.16. The Morgan fingerprint density at radius 1 is 1.32 bits per heavy atom. The van der Waals surface area contributed by atoms with E-state index in [4.69, 9.17) is 0 Å². The van der Waals surface area contributed by atoms with Gasteiger partial charge in [0.2, 0.25) is 0 Å². The Morgan fingerprint density at radius 3 is 2.60 bits per heavy atom. The molecule has 3 N–H and O–H groups in total. The fourth-order valence-corrected chi connectivity index (χ4v) is 4.15. The molecule has 1 aromatic rings. The van der Waals surface area contributed by atoms with E-state index in [1.807, 2.05) is 13.8 Å². The number of aromatic hydroxyl groups is 2. The molecule has 0 saturated heterocycles. The van der Waals surface area contributed by atoms with Crippen LogP contribution < -0.4 is 0 Å². The number of aliphatic hydroxyl groups is 1. The lowest BCUT2D eigenvalue weighted by Crippen LogP contribution is -2.36. The molecule has 138 valence electrons. The summed E-state index contributed by atoms with van der Waals surface area (Å²) >= 11 is 0. The summed E-state index contributed by atoms with van der Waals surface area (Å²) < 4.78 is 0. The maximum absolute atomic E-state index is 10.6. The van der Waals surface area contributed by atoms with Crippen LogP contribution >= 0.6 is 0 Å². The van der Waals surface area contributed by atoms with Crippen LogP contribution in [0.5, 0.6) is 11.5 Å². The molecule has 0 spiro atoms. The van der Waals surface area contributed by atoms with E-state index >= 15 is 0 Å². The number of aryl methyl sites for hydroxylation is 1. The molecule has 25 heavy (non-hydrogen) atoms. The van der Waals surface area contributed by atoms with Crippen LogP contribution in [-0.4, -0.2) is 20.9 Å². The predicted molar refractivity (Wildman–Crippen MR) is 103 cm³/mol. The minimum Gasteiger partial charge on any atom is -0.508 e. The summed E-state index contributed by atoms with van der Waals surface area (Å²) in [7, 11) is 0. The third-order valence-electron chi connectivity index (χ3n) is 5.40. The Bertz CT molecular complexity index is 643. The Labute approximate surface area is 151 Å². The number of hydrogen-bond acceptors (Lipinski definition) is 3. The number of benzene rings is 1. The number of phenols is 2. The molecule has 3 heteroatoms. The first-order valence-electron chi connectivity index (χ1n) is 9.16. The van der Waals surface area contributed by atoms with E-state index in [2.05, 4.69) is 26.5 Å². The van der Waals surface area contributed by atoms with E-state index in [1.165, 1.54) is 17.2 Å². The van der Waals surface area contributed by atoms with Crippen molar-refractivity contribution in [3.63, 3.8) is 0 Å². The standard InChI is InChI=1S/C22H32O3/c1-14(2)7-6-8-15(3)18-9-10-22(5,25)13-19(18)21-16(4)11-17(23)12-20(21)24/h7,11-12,18-19,23-25H,3,6,8-10,13H2,1-2,4-5H3/t18-,19-,22-/m1/s1. The number of rotatable bonds is 5. The van der Waals surface area contributed by atoms with Gasteiger partial charge in [-0.2, -0.15) is 0 Å². The fraction of sp³-hybridized carbons (Fsp3) is 0.545. The van der Waals surface area contributed by atoms with Crippen molar-refractivity contribution in [2.75, 3.05) is 0 Å². The summed E-state index contributed by atoms with van der Waals surface area (Å²) in [6.07, 6.45) is 6.33. The van der Waals surface area contributed by atoms with Crippen molar-refractivity contribution in [1.29, 1.82) is 0 Å². The van der Waals surface area contributed by atoms with Crippen molar-refractivity contribution in [2.24, 2.45) is 5.92 Å². The van der Waals surface area contributed by atoms with Gasteiger partial charge in [0.25, 0.3) is 0 Å². The lowest BCUT2D eigenvalue weighted by Gasteiger charge is -2.41. The molecular formula is C22H32O3. The molecule has 2 rings (SSSR count). The first-order chi connectivity index (χ1) is 11.6. The van der Waals surface area contributed by atoms with Gasteiger partial charge in [0.15, 0.2) is 0 Å². The smallest absolute Gasteiger partial charge is 0.123 e. The minimum atomic E-state index is -0.738. The zero-order valence-electron chi connectivity index (χ0n) is 16.0. The quantitative estimate of drug-likeness (QED) is 0.632.